The minimum Gasteiger partial charge on any atom is -0.304 e. The number of amides is 2. The molecule has 0 fully saturated rings. The molecule has 2 amide bonds. The third-order valence-corrected chi connectivity index (χ3v) is 3.18. The molecule has 2 aromatic rings. The zero-order valence-electron chi connectivity index (χ0n) is 10.0. The smallest absolute Gasteiger partial charge is 0.304 e. The van der Waals surface area contributed by atoms with Crippen LogP contribution in [0.2, 0.25) is 5.02 Å². The molecule has 7 heteroatoms. The van der Waals surface area contributed by atoms with Crippen molar-refractivity contribution >= 4 is 34.7 Å². The molecule has 1 heterocycles. The Hall–Kier alpha value is -2.31. The molecule has 0 bridgehead atoms. The number of anilines is 3. The van der Waals surface area contributed by atoms with Gasteiger partial charge in [-0.25, -0.2) is 9.18 Å². The maximum Gasteiger partial charge on any atom is 0.347 e. The van der Waals surface area contributed by atoms with Crippen molar-refractivity contribution in [2.75, 3.05) is 15.5 Å². The van der Waals surface area contributed by atoms with Crippen molar-refractivity contribution < 1.29 is 14.4 Å². The van der Waals surface area contributed by atoms with E-state index in [4.69, 9.17) is 11.6 Å². The molecule has 20 heavy (non-hydrogen) atoms. The second-order valence-corrected chi connectivity index (χ2v) is 4.55. The van der Waals surface area contributed by atoms with Gasteiger partial charge in [0, 0.05) is 0 Å². The van der Waals surface area contributed by atoms with Gasteiger partial charge in [-0.3, -0.25) is 5.21 Å². The fourth-order valence-electron chi connectivity index (χ4n) is 1.96. The highest BCUT2D eigenvalue weighted by Crippen LogP contribution is 2.33. The summed E-state index contributed by atoms with van der Waals surface area (Å²) in [4.78, 5) is 12.0. The minimum atomic E-state index is -0.599. The van der Waals surface area contributed by atoms with Crippen molar-refractivity contribution in [3.63, 3.8) is 0 Å². The first-order chi connectivity index (χ1) is 9.58. The lowest BCUT2D eigenvalue weighted by Crippen LogP contribution is -2.51. The average molecular weight is 294 g/mol. The van der Waals surface area contributed by atoms with Gasteiger partial charge in [0.05, 0.1) is 16.4 Å². The van der Waals surface area contributed by atoms with E-state index >= 15 is 0 Å². The maximum atomic E-state index is 13.2. The molecule has 0 aliphatic carbocycles. The largest absolute Gasteiger partial charge is 0.347 e. The Bertz CT molecular complexity index is 695. The van der Waals surface area contributed by atoms with E-state index in [0.29, 0.717) is 16.5 Å². The topological polar surface area (TPSA) is 55.8 Å². The zero-order chi connectivity index (χ0) is 14.3. The summed E-state index contributed by atoms with van der Waals surface area (Å²) in [5, 5.41) is 14.3. The molecule has 5 nitrogen and oxygen atoms in total. The molecule has 0 atom stereocenters. The van der Waals surface area contributed by atoms with Crippen LogP contribution in [0.4, 0.5) is 26.2 Å². The molecule has 0 spiro atoms. The normalized spacial score (nSPS) is 14.1. The summed E-state index contributed by atoms with van der Waals surface area (Å²) >= 11 is 5.70. The molecule has 102 valence electrons. The Morgan fingerprint density at radius 1 is 1.20 bits per heavy atom. The number of rotatable bonds is 1. The maximum absolute atomic E-state index is 13.2. The lowest BCUT2D eigenvalue weighted by atomic mass is 10.2. The van der Waals surface area contributed by atoms with Crippen LogP contribution in [0.1, 0.15) is 0 Å². The fraction of sp³-hybridized carbons (Fsp3) is 0. The Morgan fingerprint density at radius 3 is 2.70 bits per heavy atom. The second kappa shape index (κ2) is 4.66. The summed E-state index contributed by atoms with van der Waals surface area (Å²) in [6.07, 6.45) is 0. The van der Waals surface area contributed by atoms with Crippen molar-refractivity contribution in [2.24, 2.45) is 0 Å². The predicted octanol–water partition coefficient (Wildman–Crippen LogP) is 3.64. The molecule has 3 rings (SSSR count). The van der Waals surface area contributed by atoms with E-state index in [0.717, 1.165) is 11.1 Å². The fourth-order valence-corrected chi connectivity index (χ4v) is 2.13. The van der Waals surface area contributed by atoms with Gasteiger partial charge in [0.2, 0.25) is 0 Å². The molecule has 0 saturated heterocycles. The standard InChI is InChI=1S/C13H9ClFN3O2/c14-9-7-8(5-6-10(9)15)17-13(19)16-11-3-1-2-4-12(11)18(17)20/h1-7,20H,(H,16,19). The van der Waals surface area contributed by atoms with Crippen molar-refractivity contribution in [3.8, 4) is 0 Å². The molecule has 0 saturated carbocycles. The molecule has 0 aromatic heterocycles. The molecule has 0 radical (unpaired) electrons. The summed E-state index contributed by atoms with van der Waals surface area (Å²) in [6, 6.07) is 9.89. The van der Waals surface area contributed by atoms with Gasteiger partial charge in [-0.05, 0) is 30.3 Å². The third kappa shape index (κ3) is 1.95. The lowest BCUT2D eigenvalue weighted by molar-refractivity contribution is 0.221. The number of urea groups is 1. The van der Waals surface area contributed by atoms with E-state index in [2.05, 4.69) is 5.32 Å². The number of carbonyl (C=O) groups is 1. The predicted molar refractivity (Wildman–Crippen MR) is 73.6 cm³/mol. The Morgan fingerprint density at radius 2 is 1.95 bits per heavy atom. The van der Waals surface area contributed by atoms with Crippen molar-refractivity contribution in [1.29, 1.82) is 0 Å². The third-order valence-electron chi connectivity index (χ3n) is 2.89. The van der Waals surface area contributed by atoms with Crippen LogP contribution in [-0.4, -0.2) is 11.2 Å². The highest BCUT2D eigenvalue weighted by atomic mass is 35.5. The Kier molecular flexibility index (Phi) is 2.96. The number of hydrazine groups is 1. The van der Waals surface area contributed by atoms with E-state index in [-0.39, 0.29) is 10.7 Å². The lowest BCUT2D eigenvalue weighted by Gasteiger charge is -2.36. The van der Waals surface area contributed by atoms with Crippen LogP contribution in [0.3, 0.4) is 0 Å². The highest BCUT2D eigenvalue weighted by molar-refractivity contribution is 6.31. The van der Waals surface area contributed by atoms with Crippen LogP contribution in [0, 0.1) is 5.82 Å². The Balaban J connectivity index is 2.06. The number of fused-ring (bicyclic) bond motifs is 1. The van der Waals surface area contributed by atoms with Crippen LogP contribution in [0.15, 0.2) is 42.5 Å². The van der Waals surface area contributed by atoms with Gasteiger partial charge in [-0.2, -0.15) is 10.2 Å². The quantitative estimate of drug-likeness (QED) is 0.844. The zero-order valence-corrected chi connectivity index (χ0v) is 10.8. The number of para-hydroxylation sites is 2. The number of nitrogens with one attached hydrogen (secondary N) is 1. The number of hydrogen-bond donors (Lipinski definition) is 2. The van der Waals surface area contributed by atoms with Gasteiger partial charge in [-0.1, -0.05) is 23.7 Å². The van der Waals surface area contributed by atoms with Gasteiger partial charge < -0.3 is 5.32 Å². The summed E-state index contributed by atoms with van der Waals surface area (Å²) in [7, 11) is 0. The second-order valence-electron chi connectivity index (χ2n) is 4.15. The van der Waals surface area contributed by atoms with E-state index in [1.165, 1.54) is 12.1 Å². The first kappa shape index (κ1) is 12.7. The number of benzene rings is 2. The highest BCUT2D eigenvalue weighted by Gasteiger charge is 2.30. The SMILES string of the molecule is O=C1Nc2ccccc2N(O)N1c1ccc(F)c(Cl)c1. The van der Waals surface area contributed by atoms with Gasteiger partial charge in [0.25, 0.3) is 0 Å². The number of carbonyl (C=O) groups excluding carboxylic acids is 1. The van der Waals surface area contributed by atoms with E-state index in [1.807, 2.05) is 0 Å². The number of halogens is 2. The monoisotopic (exact) mass is 293 g/mol. The van der Waals surface area contributed by atoms with Crippen molar-refractivity contribution in [2.45, 2.75) is 0 Å². The molecular weight excluding hydrogens is 285 g/mol. The van der Waals surface area contributed by atoms with E-state index < -0.39 is 11.8 Å². The van der Waals surface area contributed by atoms with Gasteiger partial charge in [-0.15, -0.1) is 0 Å². The average Bonchev–Trinajstić information content (AvgIpc) is 2.43. The van der Waals surface area contributed by atoms with Gasteiger partial charge in [0.15, 0.2) is 0 Å². The van der Waals surface area contributed by atoms with Gasteiger partial charge >= 0.3 is 6.03 Å². The Labute approximate surface area is 118 Å². The summed E-state index contributed by atoms with van der Waals surface area (Å²) in [6.45, 7) is 0. The van der Waals surface area contributed by atoms with E-state index in [9.17, 15) is 14.4 Å². The summed E-state index contributed by atoms with van der Waals surface area (Å²) < 4.78 is 13.2. The van der Waals surface area contributed by atoms with Crippen molar-refractivity contribution in [1.82, 2.24) is 0 Å². The van der Waals surface area contributed by atoms with Crippen LogP contribution >= 0.6 is 11.6 Å². The minimum absolute atomic E-state index is 0.137. The summed E-state index contributed by atoms with van der Waals surface area (Å²) in [5.74, 6) is -0.599. The van der Waals surface area contributed by atoms with Crippen LogP contribution in [0.25, 0.3) is 0 Å². The number of hydrogen-bond acceptors (Lipinski definition) is 3. The molecule has 2 N–H and O–H groups in total. The van der Waals surface area contributed by atoms with Gasteiger partial charge in [0.1, 0.15) is 11.5 Å². The molecule has 1 aliphatic heterocycles. The first-order valence-electron chi connectivity index (χ1n) is 5.72. The van der Waals surface area contributed by atoms with Crippen LogP contribution in [-0.2, 0) is 0 Å². The van der Waals surface area contributed by atoms with Crippen LogP contribution < -0.4 is 15.5 Å². The molecule has 1 aliphatic rings. The molecule has 2 aromatic carbocycles. The van der Waals surface area contributed by atoms with Crippen molar-refractivity contribution in [3.05, 3.63) is 53.3 Å². The molecule has 0 unspecified atom stereocenters. The summed E-state index contributed by atoms with van der Waals surface area (Å²) in [5.41, 5.74) is 1.11. The first-order valence-corrected chi connectivity index (χ1v) is 6.10. The number of nitrogens with zero attached hydrogens (tertiary/aromatic N) is 2. The molecular formula is C13H9ClFN3O2. The van der Waals surface area contributed by atoms with Crippen LogP contribution in [0.5, 0.6) is 0 Å². The van der Waals surface area contributed by atoms with E-state index in [1.54, 1.807) is 24.3 Å².